The molecule has 0 saturated carbocycles. The summed E-state index contributed by atoms with van der Waals surface area (Å²) in [5.41, 5.74) is 0. The van der Waals surface area contributed by atoms with Crippen LogP contribution in [0.1, 0.15) is 0 Å². The summed E-state index contributed by atoms with van der Waals surface area (Å²) >= 11 is 2.33. The van der Waals surface area contributed by atoms with Crippen molar-refractivity contribution in [2.24, 2.45) is 0 Å². The fraction of sp³-hybridized carbons (Fsp3) is 0. The first-order valence-electron chi connectivity index (χ1n) is 1.14. The Morgan fingerprint density at radius 1 is 0.889 bits per heavy atom. The molecule has 9 heteroatoms. The molecule has 0 aliphatic carbocycles. The molecule has 0 fully saturated rings. The first-order chi connectivity index (χ1) is 4.00. The second kappa shape index (κ2) is 11.3. The zero-order chi connectivity index (χ0) is 8.50. The van der Waals surface area contributed by atoms with Crippen LogP contribution in [0.5, 0.6) is 0 Å². The predicted octanol–water partition coefficient (Wildman–Crippen LogP) is -2.34. The maximum atomic E-state index is 8.52. The second-order valence-electron chi connectivity index (χ2n) is 0.408. The van der Waals surface area contributed by atoms with Gasteiger partial charge in [-0.3, -0.25) is 8.42 Å². The van der Waals surface area contributed by atoms with E-state index in [0.29, 0.717) is 0 Å². The van der Waals surface area contributed by atoms with Gasteiger partial charge in [0.25, 0.3) is 0 Å². The van der Waals surface area contributed by atoms with Crippen molar-refractivity contribution < 1.29 is 25.1 Å². The Morgan fingerprint density at radius 3 is 0.889 bits per heavy atom. The summed E-state index contributed by atoms with van der Waals surface area (Å²) in [7, 11) is -5.17. The molecule has 0 aromatic carbocycles. The van der Waals surface area contributed by atoms with E-state index in [1.165, 1.54) is 32.4 Å². The predicted molar refractivity (Wildman–Crippen MR) is 23.4 cm³/mol. The molecule has 0 aromatic rings. The van der Waals surface area contributed by atoms with Crippen molar-refractivity contribution in [3.8, 4) is 0 Å². The fourth-order valence-electron chi connectivity index (χ4n) is 0. The quantitative estimate of drug-likeness (QED) is 0.235. The number of hydrogen-bond acceptors (Lipinski definition) is 6. The van der Waals surface area contributed by atoms with Crippen molar-refractivity contribution in [2.75, 3.05) is 0 Å². The zero-order valence-corrected chi connectivity index (χ0v) is 7.14. The molecule has 0 saturated heterocycles. The third-order valence-electron chi connectivity index (χ3n) is 0. The Hall–Kier alpha value is 0.535. The zero-order valence-electron chi connectivity index (χ0n) is 4.01. The van der Waals surface area contributed by atoms with Crippen LogP contribution in [0.4, 0.5) is 0 Å². The Bertz CT molecular complexity index is 114. The van der Waals surface area contributed by atoms with Gasteiger partial charge in [0.2, 0.25) is 0 Å². The molecule has 0 rings (SSSR count). The summed E-state index contributed by atoms with van der Waals surface area (Å²) in [6.07, 6.45) is 0. The molecule has 0 aromatic heterocycles. The third-order valence-corrected chi connectivity index (χ3v) is 0. The van der Waals surface area contributed by atoms with Gasteiger partial charge in [-0.1, -0.05) is 0 Å². The molecule has 0 amide bonds. The Morgan fingerprint density at radius 2 is 0.889 bits per heavy atom. The summed E-state index contributed by atoms with van der Waals surface area (Å²) in [5, 5.41) is 0. The van der Waals surface area contributed by atoms with Crippen molar-refractivity contribution in [3.63, 3.8) is 0 Å². The van der Waals surface area contributed by atoms with Crippen LogP contribution in [0.3, 0.4) is 0 Å². The molecule has 0 N–H and O–H groups in total. The summed E-state index contributed by atoms with van der Waals surface area (Å²) in [4.78, 5) is 0. The van der Waals surface area contributed by atoms with E-state index >= 15 is 0 Å². The minimum absolute atomic E-state index is 1.17. The monoisotopic (exact) mass is 182 g/mol. The normalized spacial score (nSPS) is 7.78. The summed E-state index contributed by atoms with van der Waals surface area (Å²) < 4.78 is 50.4. The van der Waals surface area contributed by atoms with Crippen molar-refractivity contribution >= 4 is 42.8 Å². The Kier molecular flexibility index (Phi) is 20.5. The van der Waals surface area contributed by atoms with Crippen LogP contribution in [-0.4, -0.2) is 50.0 Å². The molecule has 0 aliphatic heterocycles. The Balaban J connectivity index is -0.0000000771. The maximum absolute atomic E-state index is 8.52. The van der Waals surface area contributed by atoms with Crippen molar-refractivity contribution in [1.29, 1.82) is 0 Å². The van der Waals surface area contributed by atoms with E-state index in [2.05, 4.69) is 0 Å². The molecule has 6 nitrogen and oxygen atoms in total. The van der Waals surface area contributed by atoms with Gasteiger partial charge in [0, 0.05) is 10.4 Å². The van der Waals surface area contributed by atoms with Gasteiger partial charge < -0.3 is 9.11 Å². The van der Waals surface area contributed by atoms with Gasteiger partial charge in [-0.15, -0.1) is 0 Å². The van der Waals surface area contributed by atoms with E-state index < -0.39 is 10.4 Å². The van der Waals surface area contributed by atoms with E-state index in [1.807, 2.05) is 0 Å². The van der Waals surface area contributed by atoms with Gasteiger partial charge in [-0.25, -0.2) is 0 Å². The molecule has 0 heterocycles. The molecule has 9 heavy (non-hydrogen) atoms. The van der Waals surface area contributed by atoms with E-state index in [0.717, 1.165) is 0 Å². The summed E-state index contributed by atoms with van der Waals surface area (Å²) in [6, 6.07) is 0. The van der Waals surface area contributed by atoms with Crippen molar-refractivity contribution in [3.05, 3.63) is 0 Å². The van der Waals surface area contributed by atoms with Crippen molar-refractivity contribution in [2.45, 2.75) is 0 Å². The number of rotatable bonds is 0. The number of hydrogen-bond donors (Lipinski definition) is 0. The topological polar surface area (TPSA) is 114 Å². The van der Waals surface area contributed by atoms with Crippen LogP contribution >= 0.6 is 0 Å². The van der Waals surface area contributed by atoms with Gasteiger partial charge in [-0.05, 0) is 0 Å². The SMILES string of the molecule is O=S(=O)([O-])[O-].[O]=[Al+].[O]=[Al+]. The molecule has 0 spiro atoms. The van der Waals surface area contributed by atoms with Crippen LogP contribution in [0, 0.1) is 0 Å². The van der Waals surface area contributed by atoms with Crippen molar-refractivity contribution in [1.82, 2.24) is 0 Å². The van der Waals surface area contributed by atoms with Gasteiger partial charge in [0.1, 0.15) is 0 Å². The van der Waals surface area contributed by atoms with Crippen LogP contribution in [-0.2, 0) is 18.0 Å². The van der Waals surface area contributed by atoms with Gasteiger partial charge >= 0.3 is 40.1 Å². The molecule has 0 radical (unpaired) electrons. The van der Waals surface area contributed by atoms with Crippen LogP contribution in [0.15, 0.2) is 0 Å². The van der Waals surface area contributed by atoms with Crippen LogP contribution in [0.25, 0.3) is 0 Å². The van der Waals surface area contributed by atoms with E-state index in [-0.39, 0.29) is 0 Å². The second-order valence-corrected chi connectivity index (χ2v) is 1.22. The Labute approximate surface area is 68.1 Å². The molecule has 48 valence electrons. The molecular formula is Al2O6S. The van der Waals surface area contributed by atoms with Gasteiger partial charge in [0.15, 0.2) is 0 Å². The van der Waals surface area contributed by atoms with E-state index in [9.17, 15) is 0 Å². The van der Waals surface area contributed by atoms with E-state index in [4.69, 9.17) is 25.1 Å². The first kappa shape index (κ1) is 16.3. The molecule has 0 unspecified atom stereocenters. The minimum atomic E-state index is -5.17. The molecule has 0 aliphatic rings. The third kappa shape index (κ3) is 1270. The summed E-state index contributed by atoms with van der Waals surface area (Å²) in [5.74, 6) is 0. The van der Waals surface area contributed by atoms with E-state index in [1.54, 1.807) is 0 Å². The fourth-order valence-corrected chi connectivity index (χ4v) is 0. The summed E-state index contributed by atoms with van der Waals surface area (Å²) in [6.45, 7) is 0. The molecular weight excluding hydrogens is 182 g/mol. The molecule has 0 atom stereocenters. The standard InChI is InChI=1S/2Al.H2O4S.2O/c;;1-5(2,3)4;;/h;;(H2,1,2,3,4);;/q2*+1;;;/p-2. The average Bonchev–Trinajstić information content (AvgIpc) is 1.72. The van der Waals surface area contributed by atoms with Gasteiger partial charge in [0.05, 0.1) is 0 Å². The molecule has 0 bridgehead atoms. The van der Waals surface area contributed by atoms with Gasteiger partial charge in [-0.2, -0.15) is 0 Å². The average molecular weight is 182 g/mol. The van der Waals surface area contributed by atoms with Crippen LogP contribution < -0.4 is 0 Å². The van der Waals surface area contributed by atoms with Crippen LogP contribution in [0.2, 0.25) is 0 Å². The first-order valence-corrected chi connectivity index (χ1v) is 3.41.